The van der Waals surface area contributed by atoms with Gasteiger partial charge in [0.15, 0.2) is 10.4 Å². The van der Waals surface area contributed by atoms with Crippen LogP contribution < -0.4 is 15.0 Å². The number of benzene rings is 1. The van der Waals surface area contributed by atoms with E-state index in [1.54, 1.807) is 6.92 Å². The topological polar surface area (TPSA) is 87.7 Å². The fourth-order valence-electron chi connectivity index (χ4n) is 3.01. The van der Waals surface area contributed by atoms with E-state index in [4.69, 9.17) is 4.74 Å². The molecule has 2 amide bonds. The number of hydrogen-bond acceptors (Lipinski definition) is 8. The third-order valence-electron chi connectivity index (χ3n) is 4.44. The van der Waals surface area contributed by atoms with E-state index in [1.807, 2.05) is 49.1 Å². The molecule has 0 saturated carbocycles. The Morgan fingerprint density at radius 3 is 2.50 bits per heavy atom. The van der Waals surface area contributed by atoms with Crippen LogP contribution in [0.25, 0.3) is 0 Å². The van der Waals surface area contributed by atoms with Crippen LogP contribution in [0, 0.1) is 0 Å². The SMILES string of the molecule is CC(C)NC(=O)CSc1nnc(N2CCN(C(=O)[C@H](C)Oc3ccccc3)CC2)s1. The van der Waals surface area contributed by atoms with Gasteiger partial charge in [0.1, 0.15) is 5.75 Å². The van der Waals surface area contributed by atoms with E-state index in [0.29, 0.717) is 37.7 Å². The van der Waals surface area contributed by atoms with Crippen LogP contribution in [0.4, 0.5) is 5.13 Å². The van der Waals surface area contributed by atoms with Gasteiger partial charge < -0.3 is 19.9 Å². The highest BCUT2D eigenvalue weighted by Gasteiger charge is 2.27. The molecule has 1 fully saturated rings. The molecule has 30 heavy (non-hydrogen) atoms. The van der Waals surface area contributed by atoms with E-state index in [1.165, 1.54) is 23.1 Å². The van der Waals surface area contributed by atoms with Crippen molar-refractivity contribution in [3.8, 4) is 5.75 Å². The summed E-state index contributed by atoms with van der Waals surface area (Å²) in [5.41, 5.74) is 0. The van der Waals surface area contributed by atoms with Crippen molar-refractivity contribution in [1.82, 2.24) is 20.4 Å². The van der Waals surface area contributed by atoms with Gasteiger partial charge in [0.2, 0.25) is 11.0 Å². The number of carbonyl (C=O) groups is 2. The summed E-state index contributed by atoms with van der Waals surface area (Å²) in [4.78, 5) is 28.4. The van der Waals surface area contributed by atoms with Crippen LogP contribution in [0.3, 0.4) is 0 Å². The lowest BCUT2D eigenvalue weighted by Gasteiger charge is -2.35. The molecule has 1 aliphatic rings. The third-order valence-corrected chi connectivity index (χ3v) is 6.56. The number of piperazine rings is 1. The second-order valence-electron chi connectivity index (χ2n) is 7.25. The molecule has 0 bridgehead atoms. The number of hydrogen-bond donors (Lipinski definition) is 1. The first-order chi connectivity index (χ1) is 14.4. The number of amides is 2. The summed E-state index contributed by atoms with van der Waals surface area (Å²) in [6.07, 6.45) is -0.527. The Balaban J connectivity index is 1.45. The lowest BCUT2D eigenvalue weighted by Crippen LogP contribution is -2.52. The molecule has 1 saturated heterocycles. The molecular weight excluding hydrogens is 422 g/mol. The molecule has 8 nitrogen and oxygen atoms in total. The molecule has 1 aromatic carbocycles. The van der Waals surface area contributed by atoms with Crippen LogP contribution >= 0.6 is 23.1 Å². The van der Waals surface area contributed by atoms with E-state index < -0.39 is 6.10 Å². The molecular formula is C20H27N5O3S2. The van der Waals surface area contributed by atoms with Gasteiger partial charge in [-0.15, -0.1) is 10.2 Å². The Morgan fingerprint density at radius 1 is 1.13 bits per heavy atom. The van der Waals surface area contributed by atoms with Gasteiger partial charge in [-0.3, -0.25) is 9.59 Å². The molecule has 0 aliphatic carbocycles. The first-order valence-corrected chi connectivity index (χ1v) is 11.7. The van der Waals surface area contributed by atoms with Crippen LogP contribution in [0.2, 0.25) is 0 Å². The number of nitrogens with zero attached hydrogens (tertiary/aromatic N) is 4. The van der Waals surface area contributed by atoms with Crippen molar-refractivity contribution >= 4 is 40.0 Å². The van der Waals surface area contributed by atoms with Gasteiger partial charge in [-0.1, -0.05) is 41.3 Å². The lowest BCUT2D eigenvalue weighted by molar-refractivity contribution is -0.138. The zero-order valence-electron chi connectivity index (χ0n) is 17.4. The van der Waals surface area contributed by atoms with Crippen molar-refractivity contribution in [3.63, 3.8) is 0 Å². The van der Waals surface area contributed by atoms with Crippen molar-refractivity contribution < 1.29 is 14.3 Å². The molecule has 10 heteroatoms. The summed E-state index contributed by atoms with van der Waals surface area (Å²) in [6, 6.07) is 9.50. The van der Waals surface area contributed by atoms with Gasteiger partial charge >= 0.3 is 0 Å². The van der Waals surface area contributed by atoms with Gasteiger partial charge in [0, 0.05) is 32.2 Å². The molecule has 3 rings (SSSR count). The second kappa shape index (κ2) is 10.6. The van der Waals surface area contributed by atoms with E-state index in [9.17, 15) is 9.59 Å². The Hall–Kier alpha value is -2.33. The molecule has 0 radical (unpaired) electrons. The summed E-state index contributed by atoms with van der Waals surface area (Å²) < 4.78 is 6.52. The maximum absolute atomic E-state index is 12.7. The standard InChI is InChI=1S/C20H27N5O3S2/c1-14(2)21-17(26)13-29-20-23-22-19(30-20)25-11-9-24(10-12-25)18(27)15(3)28-16-7-5-4-6-8-16/h4-8,14-15H,9-13H2,1-3H3,(H,21,26)/t15-/m0/s1. The molecule has 0 spiro atoms. The molecule has 1 atom stereocenters. The first-order valence-electron chi connectivity index (χ1n) is 9.93. The van der Waals surface area contributed by atoms with E-state index in [2.05, 4.69) is 20.4 Å². The predicted octanol–water partition coefficient (Wildman–Crippen LogP) is 2.27. The molecule has 0 unspecified atom stereocenters. The zero-order chi connectivity index (χ0) is 21.5. The van der Waals surface area contributed by atoms with Crippen molar-refractivity contribution in [2.24, 2.45) is 0 Å². The molecule has 2 aromatic rings. The largest absolute Gasteiger partial charge is 0.481 e. The lowest BCUT2D eigenvalue weighted by atomic mass is 10.2. The fraction of sp³-hybridized carbons (Fsp3) is 0.500. The minimum absolute atomic E-state index is 0.00859. The highest BCUT2D eigenvalue weighted by Crippen LogP contribution is 2.28. The van der Waals surface area contributed by atoms with Crippen molar-refractivity contribution in [1.29, 1.82) is 0 Å². The van der Waals surface area contributed by atoms with Crippen LogP contribution in [0.1, 0.15) is 20.8 Å². The average Bonchev–Trinajstić information content (AvgIpc) is 3.21. The van der Waals surface area contributed by atoms with Gasteiger partial charge in [-0.05, 0) is 32.9 Å². The molecule has 162 valence electrons. The Bertz CT molecular complexity index is 838. The quantitative estimate of drug-likeness (QED) is 0.619. The second-order valence-corrected chi connectivity index (χ2v) is 9.43. The van der Waals surface area contributed by atoms with Crippen LogP contribution in [-0.4, -0.2) is 71.0 Å². The minimum atomic E-state index is -0.527. The van der Waals surface area contributed by atoms with Crippen molar-refractivity contribution in [2.75, 3.05) is 36.8 Å². The summed E-state index contributed by atoms with van der Waals surface area (Å²) in [6.45, 7) is 8.26. The number of carbonyl (C=O) groups excluding carboxylic acids is 2. The highest BCUT2D eigenvalue weighted by molar-refractivity contribution is 8.01. The molecule has 1 N–H and O–H groups in total. The number of nitrogens with one attached hydrogen (secondary N) is 1. The van der Waals surface area contributed by atoms with E-state index in [0.717, 1.165) is 9.47 Å². The van der Waals surface area contributed by atoms with Crippen molar-refractivity contribution in [3.05, 3.63) is 30.3 Å². The number of para-hydroxylation sites is 1. The Morgan fingerprint density at radius 2 is 1.83 bits per heavy atom. The van der Waals surface area contributed by atoms with Gasteiger partial charge in [-0.25, -0.2) is 0 Å². The van der Waals surface area contributed by atoms with E-state index >= 15 is 0 Å². The smallest absolute Gasteiger partial charge is 0.263 e. The van der Waals surface area contributed by atoms with Crippen LogP contribution in [0.15, 0.2) is 34.7 Å². The number of aromatic nitrogens is 2. The number of thioether (sulfide) groups is 1. The Labute approximate surface area is 185 Å². The summed E-state index contributed by atoms with van der Waals surface area (Å²) >= 11 is 2.87. The summed E-state index contributed by atoms with van der Waals surface area (Å²) in [7, 11) is 0. The minimum Gasteiger partial charge on any atom is -0.481 e. The summed E-state index contributed by atoms with van der Waals surface area (Å²) in [5, 5.41) is 12.1. The molecule has 1 aromatic heterocycles. The number of anilines is 1. The van der Waals surface area contributed by atoms with Crippen LogP contribution in [-0.2, 0) is 9.59 Å². The fourth-order valence-corrected chi connectivity index (χ4v) is 4.71. The average molecular weight is 450 g/mol. The van der Waals surface area contributed by atoms with Gasteiger partial charge in [-0.2, -0.15) is 0 Å². The van der Waals surface area contributed by atoms with Crippen LogP contribution in [0.5, 0.6) is 5.75 Å². The van der Waals surface area contributed by atoms with Gasteiger partial charge in [0.25, 0.3) is 5.91 Å². The monoisotopic (exact) mass is 449 g/mol. The first kappa shape index (κ1) is 22.4. The zero-order valence-corrected chi connectivity index (χ0v) is 19.0. The number of rotatable bonds is 8. The predicted molar refractivity (Wildman–Crippen MR) is 119 cm³/mol. The molecule has 2 heterocycles. The Kier molecular flexibility index (Phi) is 7.92. The highest BCUT2D eigenvalue weighted by atomic mass is 32.2. The van der Waals surface area contributed by atoms with Crippen molar-refractivity contribution in [2.45, 2.75) is 37.3 Å². The third kappa shape index (κ3) is 6.33. The maximum Gasteiger partial charge on any atom is 0.263 e. The van der Waals surface area contributed by atoms with E-state index in [-0.39, 0.29) is 17.9 Å². The molecule has 1 aliphatic heterocycles. The number of ether oxygens (including phenoxy) is 1. The normalized spacial score (nSPS) is 15.2. The maximum atomic E-state index is 12.7. The van der Waals surface area contributed by atoms with Gasteiger partial charge in [0.05, 0.1) is 5.75 Å². The summed E-state index contributed by atoms with van der Waals surface area (Å²) in [5.74, 6) is 1.00.